The maximum absolute atomic E-state index is 12.3. The molecule has 1 saturated heterocycles. The van der Waals surface area contributed by atoms with Crippen LogP contribution >= 0.6 is 11.6 Å². The van der Waals surface area contributed by atoms with Crippen LogP contribution in [0.1, 0.15) is 30.1 Å². The van der Waals surface area contributed by atoms with Gasteiger partial charge in [0.2, 0.25) is 0 Å². The molecule has 1 amide bonds. The van der Waals surface area contributed by atoms with Crippen molar-refractivity contribution in [3.05, 3.63) is 23.8 Å². The van der Waals surface area contributed by atoms with E-state index in [1.54, 1.807) is 4.90 Å². The molecule has 0 aromatic heterocycles. The van der Waals surface area contributed by atoms with Gasteiger partial charge in [0.15, 0.2) is 0 Å². The zero-order valence-electron chi connectivity index (χ0n) is 10.8. The Balaban J connectivity index is 2.05. The van der Waals surface area contributed by atoms with E-state index in [0.717, 1.165) is 12.8 Å². The van der Waals surface area contributed by atoms with Crippen LogP contribution in [-0.4, -0.2) is 39.5 Å². The predicted molar refractivity (Wildman–Crippen MR) is 73.7 cm³/mol. The highest BCUT2D eigenvalue weighted by atomic mass is 35.5. The Labute approximate surface area is 117 Å². The van der Waals surface area contributed by atoms with E-state index in [4.69, 9.17) is 11.6 Å². The van der Waals surface area contributed by atoms with Crippen molar-refractivity contribution in [3.8, 4) is 11.5 Å². The van der Waals surface area contributed by atoms with E-state index < -0.39 is 0 Å². The van der Waals surface area contributed by atoms with Gasteiger partial charge in [-0.2, -0.15) is 0 Å². The Hall–Kier alpha value is -1.42. The summed E-state index contributed by atoms with van der Waals surface area (Å²) in [5, 5.41) is 19.1. The van der Waals surface area contributed by atoms with Crippen LogP contribution in [0.4, 0.5) is 0 Å². The number of phenols is 2. The summed E-state index contributed by atoms with van der Waals surface area (Å²) >= 11 is 6.07. The molecule has 1 atom stereocenters. The van der Waals surface area contributed by atoms with E-state index in [1.165, 1.54) is 18.2 Å². The first-order chi connectivity index (χ1) is 8.99. The van der Waals surface area contributed by atoms with E-state index in [-0.39, 0.29) is 28.3 Å². The second-order valence-corrected chi connectivity index (χ2v) is 5.70. The average Bonchev–Trinajstić information content (AvgIpc) is 2.38. The Morgan fingerprint density at radius 1 is 1.37 bits per heavy atom. The second kappa shape index (κ2) is 5.70. The number of halogens is 1. The van der Waals surface area contributed by atoms with Crippen molar-refractivity contribution in [3.63, 3.8) is 0 Å². The highest BCUT2D eigenvalue weighted by Gasteiger charge is 2.27. The normalized spacial score (nSPS) is 18.3. The minimum absolute atomic E-state index is 0.0521. The number of hydrogen-bond donors (Lipinski definition) is 2. The molecule has 0 aliphatic carbocycles. The van der Waals surface area contributed by atoms with E-state index >= 15 is 0 Å². The summed E-state index contributed by atoms with van der Waals surface area (Å²) in [6, 6.07) is 4.03. The summed E-state index contributed by atoms with van der Waals surface area (Å²) in [6.45, 7) is 3.29. The first kappa shape index (κ1) is 14.0. The number of carbonyl (C=O) groups is 1. The third-order valence-electron chi connectivity index (χ3n) is 3.69. The van der Waals surface area contributed by atoms with Crippen LogP contribution in [0.5, 0.6) is 11.5 Å². The Morgan fingerprint density at radius 3 is 2.53 bits per heavy atom. The molecule has 0 bridgehead atoms. The Morgan fingerprint density at radius 2 is 2.00 bits per heavy atom. The molecule has 2 N–H and O–H groups in total. The van der Waals surface area contributed by atoms with Gasteiger partial charge in [0.05, 0.1) is 5.56 Å². The maximum atomic E-state index is 12.3. The molecule has 4 nitrogen and oxygen atoms in total. The number of aromatic hydroxyl groups is 2. The Bertz CT molecular complexity index is 468. The molecule has 1 unspecified atom stereocenters. The molecule has 19 heavy (non-hydrogen) atoms. The SMILES string of the molecule is CC(Cl)C1CCN(C(=O)c2ccc(O)cc2O)CC1. The van der Waals surface area contributed by atoms with Gasteiger partial charge in [-0.1, -0.05) is 0 Å². The third-order valence-corrected chi connectivity index (χ3v) is 4.04. The van der Waals surface area contributed by atoms with Crippen molar-refractivity contribution in [1.29, 1.82) is 0 Å². The van der Waals surface area contributed by atoms with Gasteiger partial charge >= 0.3 is 0 Å². The number of piperidine rings is 1. The molecule has 1 aliphatic rings. The van der Waals surface area contributed by atoms with Crippen LogP contribution < -0.4 is 0 Å². The van der Waals surface area contributed by atoms with Crippen LogP contribution in [-0.2, 0) is 0 Å². The molecule has 5 heteroatoms. The fourth-order valence-corrected chi connectivity index (χ4v) is 2.69. The smallest absolute Gasteiger partial charge is 0.257 e. The van der Waals surface area contributed by atoms with Crippen molar-refractivity contribution in [2.24, 2.45) is 5.92 Å². The summed E-state index contributed by atoms with van der Waals surface area (Å²) in [5.74, 6) is 0.0128. The fourth-order valence-electron chi connectivity index (χ4n) is 2.43. The number of alkyl halides is 1. The van der Waals surface area contributed by atoms with E-state index in [0.29, 0.717) is 19.0 Å². The van der Waals surface area contributed by atoms with E-state index in [2.05, 4.69) is 0 Å². The molecule has 0 spiro atoms. The number of nitrogens with zero attached hydrogens (tertiary/aromatic N) is 1. The molecule has 1 aromatic rings. The van der Waals surface area contributed by atoms with Crippen LogP contribution in [0, 0.1) is 5.92 Å². The number of likely N-dealkylation sites (tertiary alicyclic amines) is 1. The number of rotatable bonds is 2. The number of carbonyl (C=O) groups excluding carboxylic acids is 1. The lowest BCUT2D eigenvalue weighted by Gasteiger charge is -2.33. The predicted octanol–water partition coefficient (Wildman–Crippen LogP) is 2.58. The van der Waals surface area contributed by atoms with Crippen molar-refractivity contribution >= 4 is 17.5 Å². The van der Waals surface area contributed by atoms with Gasteiger partial charge in [0, 0.05) is 24.5 Å². The summed E-state index contributed by atoms with van der Waals surface area (Å²) in [5.41, 5.74) is 0.232. The van der Waals surface area contributed by atoms with Gasteiger partial charge in [0.25, 0.3) is 5.91 Å². The maximum Gasteiger partial charge on any atom is 0.257 e. The summed E-state index contributed by atoms with van der Waals surface area (Å²) in [6.07, 6.45) is 1.77. The number of phenolic OH excluding ortho intramolecular Hbond substituents is 2. The largest absolute Gasteiger partial charge is 0.508 e. The fraction of sp³-hybridized carbons (Fsp3) is 0.500. The van der Waals surface area contributed by atoms with Gasteiger partial charge in [-0.15, -0.1) is 11.6 Å². The summed E-state index contributed by atoms with van der Waals surface area (Å²) in [4.78, 5) is 14.0. The van der Waals surface area contributed by atoms with Crippen LogP contribution in [0.3, 0.4) is 0 Å². The molecular weight excluding hydrogens is 266 g/mol. The van der Waals surface area contributed by atoms with Crippen molar-refractivity contribution < 1.29 is 15.0 Å². The lowest BCUT2D eigenvalue weighted by Crippen LogP contribution is -2.40. The van der Waals surface area contributed by atoms with Crippen molar-refractivity contribution in [2.45, 2.75) is 25.1 Å². The standard InChI is InChI=1S/C14H18ClNO3/c1-9(15)10-4-6-16(7-5-10)14(19)12-3-2-11(17)8-13(12)18/h2-3,8-10,17-18H,4-7H2,1H3. The molecule has 104 valence electrons. The molecule has 0 radical (unpaired) electrons. The van der Waals surface area contributed by atoms with Gasteiger partial charge in [0.1, 0.15) is 11.5 Å². The number of hydrogen-bond acceptors (Lipinski definition) is 3. The quantitative estimate of drug-likeness (QED) is 0.820. The molecule has 1 aliphatic heterocycles. The topological polar surface area (TPSA) is 60.8 Å². The molecule has 0 saturated carbocycles. The number of amides is 1. The summed E-state index contributed by atoms with van der Waals surface area (Å²) in [7, 11) is 0. The lowest BCUT2D eigenvalue weighted by atomic mass is 9.93. The van der Waals surface area contributed by atoms with Gasteiger partial charge in [-0.25, -0.2) is 0 Å². The third kappa shape index (κ3) is 3.13. The second-order valence-electron chi connectivity index (χ2n) is 5.01. The van der Waals surface area contributed by atoms with Gasteiger partial charge < -0.3 is 15.1 Å². The number of benzene rings is 1. The molecule has 2 rings (SSSR count). The van der Waals surface area contributed by atoms with E-state index in [1.807, 2.05) is 6.92 Å². The van der Waals surface area contributed by atoms with Gasteiger partial charge in [-0.3, -0.25) is 4.79 Å². The van der Waals surface area contributed by atoms with Gasteiger partial charge in [-0.05, 0) is 37.8 Å². The average molecular weight is 284 g/mol. The summed E-state index contributed by atoms with van der Waals surface area (Å²) < 4.78 is 0. The van der Waals surface area contributed by atoms with Crippen LogP contribution in [0.15, 0.2) is 18.2 Å². The zero-order valence-corrected chi connectivity index (χ0v) is 11.6. The van der Waals surface area contributed by atoms with E-state index in [9.17, 15) is 15.0 Å². The van der Waals surface area contributed by atoms with Crippen LogP contribution in [0.25, 0.3) is 0 Å². The Kier molecular flexibility index (Phi) is 4.20. The molecule has 1 aromatic carbocycles. The molecular formula is C14H18ClNO3. The highest BCUT2D eigenvalue weighted by molar-refractivity contribution is 6.20. The van der Waals surface area contributed by atoms with Crippen LogP contribution in [0.2, 0.25) is 0 Å². The van der Waals surface area contributed by atoms with Crippen molar-refractivity contribution in [2.75, 3.05) is 13.1 Å². The minimum atomic E-state index is -0.196. The zero-order chi connectivity index (χ0) is 14.0. The lowest BCUT2D eigenvalue weighted by molar-refractivity contribution is 0.0687. The highest BCUT2D eigenvalue weighted by Crippen LogP contribution is 2.28. The molecule has 1 heterocycles. The minimum Gasteiger partial charge on any atom is -0.508 e. The first-order valence-electron chi connectivity index (χ1n) is 6.44. The molecule has 1 fully saturated rings. The van der Waals surface area contributed by atoms with Crippen molar-refractivity contribution in [1.82, 2.24) is 4.90 Å². The monoisotopic (exact) mass is 283 g/mol. The first-order valence-corrected chi connectivity index (χ1v) is 6.88.